The van der Waals surface area contributed by atoms with Crippen LogP contribution in [0.15, 0.2) is 30.6 Å². The highest BCUT2D eigenvalue weighted by Gasteiger charge is 2.48. The molecule has 1 fully saturated rings. The lowest BCUT2D eigenvalue weighted by molar-refractivity contribution is -0.139. The van der Waals surface area contributed by atoms with E-state index in [1.807, 2.05) is 6.07 Å². The smallest absolute Gasteiger partial charge is 0.307 e. The number of aryl methyl sites for hydroxylation is 1. The van der Waals surface area contributed by atoms with Gasteiger partial charge in [0.15, 0.2) is 5.82 Å². The highest BCUT2D eigenvalue weighted by Crippen LogP contribution is 2.39. The lowest BCUT2D eigenvalue weighted by Crippen LogP contribution is -2.16. The monoisotopic (exact) mass is 286 g/mol. The molecule has 1 heterocycles. The molecule has 0 bridgehead atoms. The number of carboxylic acid groups (broad SMARTS) is 1. The van der Waals surface area contributed by atoms with Crippen LogP contribution in [0.2, 0.25) is 0 Å². The first kappa shape index (κ1) is 13.3. The van der Waals surface area contributed by atoms with Gasteiger partial charge in [-0.25, -0.2) is 4.98 Å². The van der Waals surface area contributed by atoms with E-state index >= 15 is 0 Å². The van der Waals surface area contributed by atoms with E-state index in [2.05, 4.69) is 15.4 Å². The van der Waals surface area contributed by atoms with Crippen LogP contribution in [0.4, 0.5) is 5.69 Å². The van der Waals surface area contributed by atoms with Crippen molar-refractivity contribution in [1.82, 2.24) is 14.8 Å². The van der Waals surface area contributed by atoms with Gasteiger partial charge in [-0.05, 0) is 18.6 Å². The largest absolute Gasteiger partial charge is 0.481 e. The SMILES string of the molecule is Cn1cnc(-c2cccc(NC(=O)C3CC3C(=O)O)c2)n1. The van der Waals surface area contributed by atoms with E-state index in [0.717, 1.165) is 5.56 Å². The maximum absolute atomic E-state index is 11.9. The molecule has 0 radical (unpaired) electrons. The number of hydrogen-bond acceptors (Lipinski definition) is 4. The van der Waals surface area contributed by atoms with Crippen LogP contribution in [0.25, 0.3) is 11.4 Å². The van der Waals surface area contributed by atoms with Crippen LogP contribution in [0, 0.1) is 11.8 Å². The van der Waals surface area contributed by atoms with Crippen LogP contribution in [0.3, 0.4) is 0 Å². The number of carbonyl (C=O) groups is 2. The van der Waals surface area contributed by atoms with Gasteiger partial charge in [-0.2, -0.15) is 5.10 Å². The summed E-state index contributed by atoms with van der Waals surface area (Å²) in [5.74, 6) is -1.58. The molecule has 7 heteroatoms. The van der Waals surface area contributed by atoms with E-state index in [0.29, 0.717) is 17.9 Å². The Morgan fingerprint density at radius 3 is 2.81 bits per heavy atom. The van der Waals surface area contributed by atoms with Crippen molar-refractivity contribution in [3.63, 3.8) is 0 Å². The summed E-state index contributed by atoms with van der Waals surface area (Å²) in [6, 6.07) is 7.17. The second kappa shape index (κ2) is 5.01. The minimum atomic E-state index is -0.915. The van der Waals surface area contributed by atoms with Crippen molar-refractivity contribution in [2.45, 2.75) is 6.42 Å². The van der Waals surface area contributed by atoms with Crippen molar-refractivity contribution in [1.29, 1.82) is 0 Å². The molecule has 7 nitrogen and oxygen atoms in total. The summed E-state index contributed by atoms with van der Waals surface area (Å²) in [6.07, 6.45) is 2.00. The number of aromatic nitrogens is 3. The van der Waals surface area contributed by atoms with Crippen molar-refractivity contribution in [2.24, 2.45) is 18.9 Å². The third kappa shape index (κ3) is 2.76. The van der Waals surface area contributed by atoms with E-state index in [9.17, 15) is 9.59 Å². The maximum Gasteiger partial charge on any atom is 0.307 e. The summed E-state index contributed by atoms with van der Waals surface area (Å²) >= 11 is 0. The Morgan fingerprint density at radius 2 is 2.19 bits per heavy atom. The molecule has 1 aliphatic rings. The highest BCUT2D eigenvalue weighted by molar-refractivity contribution is 5.98. The lowest BCUT2D eigenvalue weighted by atomic mass is 10.2. The highest BCUT2D eigenvalue weighted by atomic mass is 16.4. The van der Waals surface area contributed by atoms with Gasteiger partial charge in [-0.15, -0.1) is 0 Å². The molecule has 0 spiro atoms. The van der Waals surface area contributed by atoms with E-state index < -0.39 is 17.8 Å². The Morgan fingerprint density at radius 1 is 1.38 bits per heavy atom. The van der Waals surface area contributed by atoms with Gasteiger partial charge in [0.25, 0.3) is 0 Å². The number of aliphatic carboxylic acids is 1. The zero-order valence-electron chi connectivity index (χ0n) is 11.4. The molecular weight excluding hydrogens is 272 g/mol. The molecule has 2 aromatic rings. The number of benzene rings is 1. The molecule has 0 aliphatic heterocycles. The third-order valence-corrected chi connectivity index (χ3v) is 3.43. The summed E-state index contributed by atoms with van der Waals surface area (Å²) in [6.45, 7) is 0. The summed E-state index contributed by atoms with van der Waals surface area (Å²) in [7, 11) is 1.78. The maximum atomic E-state index is 11.9. The van der Waals surface area contributed by atoms with E-state index in [4.69, 9.17) is 5.11 Å². The normalized spacial score (nSPS) is 20.0. The fourth-order valence-electron chi connectivity index (χ4n) is 2.20. The molecule has 1 aliphatic carbocycles. The van der Waals surface area contributed by atoms with Gasteiger partial charge in [0, 0.05) is 18.3 Å². The van der Waals surface area contributed by atoms with E-state index in [1.165, 1.54) is 0 Å². The molecule has 21 heavy (non-hydrogen) atoms. The summed E-state index contributed by atoms with van der Waals surface area (Å²) in [5.41, 5.74) is 1.40. The van der Waals surface area contributed by atoms with Gasteiger partial charge in [-0.3, -0.25) is 14.3 Å². The van der Waals surface area contributed by atoms with Crippen LogP contribution >= 0.6 is 0 Å². The van der Waals surface area contributed by atoms with Crippen LogP contribution in [-0.2, 0) is 16.6 Å². The molecule has 2 unspecified atom stereocenters. The van der Waals surface area contributed by atoms with Gasteiger partial charge in [0.05, 0.1) is 11.8 Å². The molecule has 1 aromatic heterocycles. The molecule has 0 saturated heterocycles. The Hall–Kier alpha value is -2.70. The molecule has 2 N–H and O–H groups in total. The first-order valence-corrected chi connectivity index (χ1v) is 6.54. The number of hydrogen-bond donors (Lipinski definition) is 2. The number of nitrogens with one attached hydrogen (secondary N) is 1. The van der Waals surface area contributed by atoms with Crippen molar-refractivity contribution >= 4 is 17.6 Å². The van der Waals surface area contributed by atoms with Crippen LogP contribution < -0.4 is 5.32 Å². The fraction of sp³-hybridized carbons (Fsp3) is 0.286. The van der Waals surface area contributed by atoms with Crippen molar-refractivity contribution in [2.75, 3.05) is 5.32 Å². The molecule has 1 saturated carbocycles. The Balaban J connectivity index is 1.72. The number of amides is 1. The molecule has 1 aromatic carbocycles. The number of nitrogens with zero attached hydrogens (tertiary/aromatic N) is 3. The van der Waals surface area contributed by atoms with Crippen LogP contribution in [0.1, 0.15) is 6.42 Å². The van der Waals surface area contributed by atoms with Crippen molar-refractivity contribution < 1.29 is 14.7 Å². The Bertz CT molecular complexity index is 710. The number of carbonyl (C=O) groups excluding carboxylic acids is 1. The molecule has 3 rings (SSSR count). The fourth-order valence-corrected chi connectivity index (χ4v) is 2.20. The van der Waals surface area contributed by atoms with Gasteiger partial charge in [0.2, 0.25) is 5.91 Å². The van der Waals surface area contributed by atoms with Crippen molar-refractivity contribution in [3.05, 3.63) is 30.6 Å². The average Bonchev–Trinajstić information content (AvgIpc) is 3.15. The van der Waals surface area contributed by atoms with Gasteiger partial charge in [0.1, 0.15) is 6.33 Å². The molecule has 1 amide bonds. The summed E-state index contributed by atoms with van der Waals surface area (Å²) in [5, 5.41) is 15.8. The van der Waals surface area contributed by atoms with Gasteiger partial charge < -0.3 is 10.4 Å². The lowest BCUT2D eigenvalue weighted by Gasteiger charge is -2.05. The first-order valence-electron chi connectivity index (χ1n) is 6.54. The quantitative estimate of drug-likeness (QED) is 0.878. The topological polar surface area (TPSA) is 97.1 Å². The second-order valence-corrected chi connectivity index (χ2v) is 5.10. The van der Waals surface area contributed by atoms with Gasteiger partial charge in [-0.1, -0.05) is 12.1 Å². The Labute approximate surface area is 120 Å². The van der Waals surface area contributed by atoms with Crippen molar-refractivity contribution in [3.8, 4) is 11.4 Å². The van der Waals surface area contributed by atoms with Crippen LogP contribution in [0.5, 0.6) is 0 Å². The minimum Gasteiger partial charge on any atom is -0.481 e. The average molecular weight is 286 g/mol. The molecule has 108 valence electrons. The predicted octanol–water partition coefficient (Wildman–Crippen LogP) is 1.14. The number of carboxylic acids is 1. The summed E-state index contributed by atoms with van der Waals surface area (Å²) in [4.78, 5) is 26.9. The predicted molar refractivity (Wildman–Crippen MR) is 74.3 cm³/mol. The zero-order valence-corrected chi connectivity index (χ0v) is 11.4. The number of rotatable bonds is 4. The molecular formula is C14H14N4O3. The second-order valence-electron chi connectivity index (χ2n) is 5.10. The molecule has 2 atom stereocenters. The first-order chi connectivity index (χ1) is 10.0. The third-order valence-electron chi connectivity index (χ3n) is 3.43. The minimum absolute atomic E-state index is 0.256. The van der Waals surface area contributed by atoms with E-state index in [1.54, 1.807) is 36.3 Å². The Kier molecular flexibility index (Phi) is 3.17. The number of anilines is 1. The standard InChI is InChI=1S/C14H14N4O3/c1-18-7-15-12(17-18)8-3-2-4-9(5-8)16-13(19)10-6-11(10)14(20)21/h2-5,7,10-11H,6H2,1H3,(H,16,19)(H,20,21). The van der Waals surface area contributed by atoms with Gasteiger partial charge >= 0.3 is 5.97 Å². The zero-order chi connectivity index (χ0) is 15.0. The van der Waals surface area contributed by atoms with E-state index in [-0.39, 0.29) is 5.91 Å². The summed E-state index contributed by atoms with van der Waals surface area (Å²) < 4.78 is 1.60. The van der Waals surface area contributed by atoms with Crippen LogP contribution in [-0.4, -0.2) is 31.7 Å².